The van der Waals surface area contributed by atoms with Crippen molar-refractivity contribution in [3.05, 3.63) is 75.8 Å². The Labute approximate surface area is 224 Å². The highest BCUT2D eigenvalue weighted by atomic mass is 35.5. The molecule has 1 aromatic heterocycles. The van der Waals surface area contributed by atoms with Crippen LogP contribution in [0.25, 0.3) is 5.69 Å². The number of carbonyl (C=O) groups excluding carboxylic acids is 1. The molecule has 0 radical (unpaired) electrons. The molecule has 0 spiro atoms. The van der Waals surface area contributed by atoms with Gasteiger partial charge in [0.05, 0.1) is 11.6 Å². The molecule has 1 amide bonds. The minimum atomic E-state index is 0.00480. The number of nitrogens with one attached hydrogen (secondary N) is 1. The monoisotopic (exact) mass is 517 g/mol. The Bertz CT molecular complexity index is 1290. The minimum Gasteiger partial charge on any atom is -0.342 e. The highest BCUT2D eigenvalue weighted by Crippen LogP contribution is 2.47. The number of benzene rings is 2. The van der Waals surface area contributed by atoms with Crippen molar-refractivity contribution in [1.29, 1.82) is 0 Å². The third kappa shape index (κ3) is 4.82. The Morgan fingerprint density at radius 2 is 1.68 bits per heavy atom. The predicted octanol–water partition coefficient (Wildman–Crippen LogP) is 5.37. The number of aromatic nitrogens is 3. The van der Waals surface area contributed by atoms with Gasteiger partial charge in [-0.05, 0) is 79.8 Å². The third-order valence-corrected chi connectivity index (χ3v) is 9.15. The molecule has 3 aliphatic rings. The van der Waals surface area contributed by atoms with E-state index < -0.39 is 0 Å². The lowest BCUT2D eigenvalue weighted by Gasteiger charge is -2.34. The standard InChI is InChI=1S/C30H36ClN5O/c1-18-15-25(18)21-4-6-22(7-5-21)26-16-32-17-27(26)30(37)35-12-10-23(11-13-35)29-33-20(3)34-36(29)24-8-9-28(31)19(2)14-24/h4-9,14,18,23,25-27,32H,10-13,15-17H2,1-3H3/t18?,25?,26-,27+/m0/s1. The zero-order chi connectivity index (χ0) is 25.7. The van der Waals surface area contributed by atoms with E-state index in [9.17, 15) is 4.79 Å². The smallest absolute Gasteiger partial charge is 0.227 e. The lowest BCUT2D eigenvalue weighted by Crippen LogP contribution is -2.43. The normalized spacial score (nSPS) is 26.0. The summed E-state index contributed by atoms with van der Waals surface area (Å²) in [4.78, 5) is 20.5. The van der Waals surface area contributed by atoms with Gasteiger partial charge in [-0.1, -0.05) is 42.8 Å². The Hall–Kier alpha value is -2.70. The van der Waals surface area contributed by atoms with Crippen LogP contribution in [-0.2, 0) is 4.79 Å². The lowest BCUT2D eigenvalue weighted by molar-refractivity contribution is -0.136. The molecule has 3 heterocycles. The van der Waals surface area contributed by atoms with Crippen molar-refractivity contribution in [1.82, 2.24) is 25.0 Å². The van der Waals surface area contributed by atoms with Crippen molar-refractivity contribution in [3.8, 4) is 5.69 Å². The molecule has 2 unspecified atom stereocenters. The van der Waals surface area contributed by atoms with E-state index in [0.717, 1.165) is 78.8 Å². The number of piperidine rings is 1. The summed E-state index contributed by atoms with van der Waals surface area (Å²) in [6.45, 7) is 9.41. The maximum Gasteiger partial charge on any atom is 0.227 e. The van der Waals surface area contributed by atoms with Crippen LogP contribution in [0, 0.1) is 25.7 Å². The largest absolute Gasteiger partial charge is 0.342 e. The maximum absolute atomic E-state index is 13.7. The summed E-state index contributed by atoms with van der Waals surface area (Å²) in [5, 5.41) is 8.93. The van der Waals surface area contributed by atoms with Gasteiger partial charge >= 0.3 is 0 Å². The van der Waals surface area contributed by atoms with Gasteiger partial charge in [0.25, 0.3) is 0 Å². The molecule has 194 valence electrons. The van der Waals surface area contributed by atoms with Crippen molar-refractivity contribution < 1.29 is 4.79 Å². The first-order chi connectivity index (χ1) is 17.9. The van der Waals surface area contributed by atoms with E-state index in [4.69, 9.17) is 16.6 Å². The summed E-state index contributed by atoms with van der Waals surface area (Å²) in [6.07, 6.45) is 3.10. The molecule has 2 saturated heterocycles. The number of hydrogen-bond donors (Lipinski definition) is 1. The quantitative estimate of drug-likeness (QED) is 0.494. The fourth-order valence-corrected chi connectivity index (χ4v) is 6.42. The minimum absolute atomic E-state index is 0.00480. The second-order valence-corrected chi connectivity index (χ2v) is 11.7. The molecule has 7 heteroatoms. The molecule has 1 aliphatic carbocycles. The first-order valence-corrected chi connectivity index (χ1v) is 14.1. The highest BCUT2D eigenvalue weighted by molar-refractivity contribution is 6.31. The molecule has 2 aliphatic heterocycles. The Morgan fingerprint density at radius 3 is 2.32 bits per heavy atom. The fraction of sp³-hybridized carbons (Fsp3) is 0.500. The van der Waals surface area contributed by atoms with Gasteiger partial charge in [-0.15, -0.1) is 0 Å². The summed E-state index contributed by atoms with van der Waals surface area (Å²) in [5.41, 5.74) is 4.74. The fourth-order valence-electron chi connectivity index (χ4n) is 6.30. The van der Waals surface area contributed by atoms with E-state index in [1.165, 1.54) is 17.5 Å². The van der Waals surface area contributed by atoms with Crippen molar-refractivity contribution in [2.24, 2.45) is 11.8 Å². The zero-order valence-electron chi connectivity index (χ0n) is 22.0. The van der Waals surface area contributed by atoms with Gasteiger partial charge in [-0.2, -0.15) is 5.10 Å². The van der Waals surface area contributed by atoms with Gasteiger partial charge < -0.3 is 10.2 Å². The Balaban J connectivity index is 1.12. The maximum atomic E-state index is 13.7. The van der Waals surface area contributed by atoms with Crippen LogP contribution < -0.4 is 5.32 Å². The van der Waals surface area contributed by atoms with E-state index in [0.29, 0.717) is 5.91 Å². The number of carbonyl (C=O) groups is 1. The number of halogens is 1. The number of likely N-dealkylation sites (tertiary alicyclic amines) is 1. The van der Waals surface area contributed by atoms with E-state index in [1.807, 2.05) is 30.7 Å². The average Bonchev–Trinajstić information content (AvgIpc) is 3.28. The first kappa shape index (κ1) is 24.6. The molecular weight excluding hydrogens is 482 g/mol. The molecule has 1 N–H and O–H groups in total. The van der Waals surface area contributed by atoms with Crippen LogP contribution in [0.2, 0.25) is 5.02 Å². The summed E-state index contributed by atoms with van der Waals surface area (Å²) < 4.78 is 1.96. The van der Waals surface area contributed by atoms with Crippen molar-refractivity contribution in [2.45, 2.75) is 57.8 Å². The average molecular weight is 518 g/mol. The number of rotatable bonds is 5. The molecule has 6 nitrogen and oxygen atoms in total. The van der Waals surface area contributed by atoms with Crippen LogP contribution in [0.4, 0.5) is 0 Å². The van der Waals surface area contributed by atoms with Crippen molar-refractivity contribution in [2.75, 3.05) is 26.2 Å². The molecule has 2 aromatic carbocycles. The van der Waals surface area contributed by atoms with E-state index in [-0.39, 0.29) is 17.8 Å². The summed E-state index contributed by atoms with van der Waals surface area (Å²) >= 11 is 6.25. The molecule has 0 bridgehead atoms. The van der Waals surface area contributed by atoms with Crippen molar-refractivity contribution >= 4 is 17.5 Å². The van der Waals surface area contributed by atoms with Crippen molar-refractivity contribution in [3.63, 3.8) is 0 Å². The number of hydrogen-bond acceptors (Lipinski definition) is 4. The highest BCUT2D eigenvalue weighted by Gasteiger charge is 2.39. The van der Waals surface area contributed by atoms with Crippen LogP contribution in [0.5, 0.6) is 0 Å². The second-order valence-electron chi connectivity index (χ2n) is 11.3. The van der Waals surface area contributed by atoms with E-state index >= 15 is 0 Å². The topological polar surface area (TPSA) is 63.1 Å². The van der Waals surface area contributed by atoms with Gasteiger partial charge in [0.15, 0.2) is 0 Å². The zero-order valence-corrected chi connectivity index (χ0v) is 22.7. The first-order valence-electron chi connectivity index (χ1n) is 13.7. The Kier molecular flexibility index (Phi) is 6.58. The molecule has 6 rings (SSSR count). The summed E-state index contributed by atoms with van der Waals surface area (Å²) in [6, 6.07) is 15.1. The summed E-state index contributed by atoms with van der Waals surface area (Å²) in [5.74, 6) is 4.10. The van der Waals surface area contributed by atoms with Crippen LogP contribution in [0.3, 0.4) is 0 Å². The predicted molar refractivity (Wildman–Crippen MR) is 146 cm³/mol. The van der Waals surface area contributed by atoms with Gasteiger partial charge in [0.2, 0.25) is 5.91 Å². The molecule has 3 fully saturated rings. The molecule has 37 heavy (non-hydrogen) atoms. The molecular formula is C30H36ClN5O. The van der Waals surface area contributed by atoms with Crippen LogP contribution in [0.1, 0.15) is 72.3 Å². The number of amides is 1. The SMILES string of the molecule is Cc1nc(C2CCN(C(=O)[C@@H]3CNC[C@H]3c3ccc(C4CC4C)cc3)CC2)n(-c2ccc(Cl)c(C)c2)n1. The van der Waals surface area contributed by atoms with E-state index in [1.54, 1.807) is 0 Å². The molecule has 1 saturated carbocycles. The van der Waals surface area contributed by atoms with Gasteiger partial charge in [-0.3, -0.25) is 4.79 Å². The van der Waals surface area contributed by atoms with Gasteiger partial charge in [0, 0.05) is 43.0 Å². The number of aryl methyl sites for hydroxylation is 2. The Morgan fingerprint density at radius 1 is 1.00 bits per heavy atom. The van der Waals surface area contributed by atoms with Gasteiger partial charge in [-0.25, -0.2) is 9.67 Å². The summed E-state index contributed by atoms with van der Waals surface area (Å²) in [7, 11) is 0. The molecule has 3 aromatic rings. The molecule has 4 atom stereocenters. The third-order valence-electron chi connectivity index (χ3n) is 8.73. The second kappa shape index (κ2) is 9.88. The lowest BCUT2D eigenvalue weighted by atomic mass is 9.86. The van der Waals surface area contributed by atoms with E-state index in [2.05, 4.69) is 52.6 Å². The van der Waals surface area contributed by atoms with Crippen LogP contribution in [-0.4, -0.2) is 51.8 Å². The number of nitrogens with zero attached hydrogens (tertiary/aromatic N) is 4. The van der Waals surface area contributed by atoms with Crippen LogP contribution >= 0.6 is 11.6 Å². The van der Waals surface area contributed by atoms with Gasteiger partial charge in [0.1, 0.15) is 11.6 Å². The van der Waals surface area contributed by atoms with Crippen LogP contribution in [0.15, 0.2) is 42.5 Å².